The predicted octanol–water partition coefficient (Wildman–Crippen LogP) is 1.93. The summed E-state index contributed by atoms with van der Waals surface area (Å²) in [5.74, 6) is 0.230. The summed E-state index contributed by atoms with van der Waals surface area (Å²) in [5, 5.41) is 12.7. The molecule has 1 spiro atoms. The van der Waals surface area contributed by atoms with E-state index in [2.05, 4.69) is 38.2 Å². The molecule has 5 rings (SSSR count). The zero-order valence-electron chi connectivity index (χ0n) is 16.8. The normalized spacial score (nSPS) is 24.0. The summed E-state index contributed by atoms with van der Waals surface area (Å²) in [6.07, 6.45) is 7.56. The van der Waals surface area contributed by atoms with Crippen LogP contribution in [-0.2, 0) is 4.79 Å². The molecule has 1 saturated carbocycles. The van der Waals surface area contributed by atoms with Crippen LogP contribution in [0.15, 0.2) is 24.5 Å². The Labute approximate surface area is 170 Å². The van der Waals surface area contributed by atoms with E-state index < -0.39 is 0 Å². The van der Waals surface area contributed by atoms with Gasteiger partial charge in [-0.1, -0.05) is 0 Å². The van der Waals surface area contributed by atoms with Crippen molar-refractivity contribution in [1.29, 1.82) is 5.26 Å². The fourth-order valence-electron chi connectivity index (χ4n) is 5.02. The number of nitrogens with zero attached hydrogens (tertiary/aromatic N) is 5. The van der Waals surface area contributed by atoms with Gasteiger partial charge >= 0.3 is 0 Å². The zero-order chi connectivity index (χ0) is 20.0. The minimum Gasteiger partial charge on any atom is -0.368 e. The van der Waals surface area contributed by atoms with E-state index in [-0.39, 0.29) is 17.2 Å². The lowest BCUT2D eigenvalue weighted by Crippen LogP contribution is -2.46. The van der Waals surface area contributed by atoms with Crippen LogP contribution in [0.2, 0.25) is 0 Å². The number of amides is 1. The van der Waals surface area contributed by atoms with Crippen LogP contribution in [0.4, 0.5) is 5.69 Å². The van der Waals surface area contributed by atoms with Gasteiger partial charge in [0, 0.05) is 36.9 Å². The Bertz CT molecular complexity index is 986. The van der Waals surface area contributed by atoms with Crippen molar-refractivity contribution < 1.29 is 4.79 Å². The maximum absolute atomic E-state index is 13.2. The highest BCUT2D eigenvalue weighted by Crippen LogP contribution is 2.57. The van der Waals surface area contributed by atoms with E-state index in [1.807, 2.05) is 12.1 Å². The first-order valence-corrected chi connectivity index (χ1v) is 10.5. The number of aromatic nitrogens is 2. The van der Waals surface area contributed by atoms with Crippen molar-refractivity contribution >= 4 is 22.6 Å². The summed E-state index contributed by atoms with van der Waals surface area (Å²) in [6, 6.07) is 6.28. The number of likely N-dealkylation sites (tertiary alicyclic amines) is 1. The second-order valence-corrected chi connectivity index (χ2v) is 8.88. The van der Waals surface area contributed by atoms with Crippen LogP contribution in [0.25, 0.3) is 11.0 Å². The largest absolute Gasteiger partial charge is 0.368 e. The fraction of sp³-hybridized carbons (Fsp3) is 0.545. The molecule has 3 aliphatic rings. The van der Waals surface area contributed by atoms with E-state index in [9.17, 15) is 10.1 Å². The van der Waals surface area contributed by atoms with E-state index in [0.717, 1.165) is 56.5 Å². The number of nitriles is 1. The number of fused-ring (bicyclic) bond motifs is 1. The fourth-order valence-corrected chi connectivity index (χ4v) is 5.02. The number of nitrogens with one attached hydrogen (secondary N) is 1. The average Bonchev–Trinajstić information content (AvgIpc) is 3.41. The summed E-state index contributed by atoms with van der Waals surface area (Å²) in [4.78, 5) is 26.7. The Balaban J connectivity index is 1.38. The van der Waals surface area contributed by atoms with E-state index in [1.54, 1.807) is 12.4 Å². The molecule has 2 saturated heterocycles. The quantitative estimate of drug-likeness (QED) is 0.862. The molecule has 1 amide bonds. The van der Waals surface area contributed by atoms with Crippen LogP contribution >= 0.6 is 0 Å². The number of anilines is 1. The molecule has 1 aromatic carbocycles. The van der Waals surface area contributed by atoms with E-state index in [1.165, 1.54) is 0 Å². The van der Waals surface area contributed by atoms with Gasteiger partial charge in [0.05, 0.1) is 17.2 Å². The van der Waals surface area contributed by atoms with E-state index >= 15 is 0 Å². The third-order valence-electron chi connectivity index (χ3n) is 6.99. The summed E-state index contributed by atoms with van der Waals surface area (Å²) in [5.41, 5.74) is 3.00. The van der Waals surface area contributed by atoms with E-state index in [4.69, 9.17) is 0 Å². The third-order valence-corrected chi connectivity index (χ3v) is 6.99. The van der Waals surface area contributed by atoms with Crippen molar-refractivity contribution in [3.05, 3.63) is 30.1 Å². The number of rotatable bonds is 3. The summed E-state index contributed by atoms with van der Waals surface area (Å²) in [7, 11) is 2.14. The van der Waals surface area contributed by atoms with Gasteiger partial charge < -0.3 is 15.1 Å². The maximum atomic E-state index is 13.2. The second-order valence-electron chi connectivity index (χ2n) is 8.88. The summed E-state index contributed by atoms with van der Waals surface area (Å²) in [6.45, 7) is 3.66. The molecular formula is C22H26N6O. The predicted molar refractivity (Wildman–Crippen MR) is 110 cm³/mol. The van der Waals surface area contributed by atoms with Gasteiger partial charge in [0.15, 0.2) is 0 Å². The maximum Gasteiger partial charge on any atom is 0.225 e. The first kappa shape index (κ1) is 18.3. The van der Waals surface area contributed by atoms with Crippen molar-refractivity contribution in [2.24, 2.45) is 11.3 Å². The Hall–Kier alpha value is -2.72. The van der Waals surface area contributed by atoms with Crippen LogP contribution in [0, 0.1) is 22.7 Å². The molecule has 1 N–H and O–H groups in total. The molecule has 150 valence electrons. The van der Waals surface area contributed by atoms with Crippen LogP contribution in [0.3, 0.4) is 0 Å². The molecule has 3 heterocycles. The lowest BCUT2D eigenvalue weighted by Gasteiger charge is -2.30. The molecule has 1 unspecified atom stereocenters. The third kappa shape index (κ3) is 3.22. The van der Waals surface area contributed by atoms with Crippen molar-refractivity contribution in [2.45, 2.75) is 31.7 Å². The number of carbonyl (C=O) groups is 1. The van der Waals surface area contributed by atoms with Gasteiger partial charge in [-0.15, -0.1) is 0 Å². The van der Waals surface area contributed by atoms with Gasteiger partial charge in [-0.2, -0.15) is 5.26 Å². The topological polar surface area (TPSA) is 85.2 Å². The summed E-state index contributed by atoms with van der Waals surface area (Å²) < 4.78 is 0. The van der Waals surface area contributed by atoms with Crippen molar-refractivity contribution in [3.63, 3.8) is 0 Å². The van der Waals surface area contributed by atoms with Gasteiger partial charge in [-0.05, 0) is 58.0 Å². The standard InChI is InChI=1S/C22H26N6O/c1-27-10-4-16(5-11-27)26-21(29)17-13-28(14-22(17)6-7-22)18-3-2-15(12-23)19-20(18)25-9-8-24-19/h2-3,8-9,16-17H,4-7,10-11,13-14H2,1H3,(H,26,29). The van der Waals surface area contributed by atoms with Crippen LogP contribution in [0.5, 0.6) is 0 Å². The first-order chi connectivity index (χ1) is 14.1. The molecule has 3 fully saturated rings. The summed E-state index contributed by atoms with van der Waals surface area (Å²) >= 11 is 0. The molecule has 1 aromatic heterocycles. The molecule has 2 aliphatic heterocycles. The van der Waals surface area contributed by atoms with Crippen molar-refractivity contribution in [1.82, 2.24) is 20.2 Å². The lowest BCUT2D eigenvalue weighted by molar-refractivity contribution is -0.126. The molecule has 1 aliphatic carbocycles. The van der Waals surface area contributed by atoms with Gasteiger partial charge in [0.25, 0.3) is 0 Å². The van der Waals surface area contributed by atoms with E-state index in [0.29, 0.717) is 23.7 Å². The van der Waals surface area contributed by atoms with Gasteiger partial charge in [0.2, 0.25) is 5.91 Å². The minimum absolute atomic E-state index is 0.0181. The molecular weight excluding hydrogens is 364 g/mol. The highest BCUT2D eigenvalue weighted by Gasteiger charge is 2.58. The van der Waals surface area contributed by atoms with Crippen LogP contribution in [0.1, 0.15) is 31.2 Å². The number of piperidine rings is 1. The van der Waals surface area contributed by atoms with Crippen LogP contribution in [-0.4, -0.2) is 60.0 Å². The Morgan fingerprint density at radius 3 is 2.62 bits per heavy atom. The lowest BCUT2D eigenvalue weighted by atomic mass is 9.91. The number of hydrogen-bond donors (Lipinski definition) is 1. The van der Waals surface area contributed by atoms with Crippen LogP contribution < -0.4 is 10.2 Å². The Morgan fingerprint density at radius 2 is 1.93 bits per heavy atom. The molecule has 0 radical (unpaired) electrons. The highest BCUT2D eigenvalue weighted by molar-refractivity contribution is 5.93. The molecule has 0 bridgehead atoms. The van der Waals surface area contributed by atoms with Gasteiger partial charge in [-0.25, -0.2) is 0 Å². The highest BCUT2D eigenvalue weighted by atomic mass is 16.2. The second kappa shape index (κ2) is 6.96. The SMILES string of the molecule is CN1CCC(NC(=O)C2CN(c3ccc(C#N)c4nccnc34)CC23CC3)CC1. The van der Waals surface area contributed by atoms with Gasteiger partial charge in [-0.3, -0.25) is 14.8 Å². The smallest absolute Gasteiger partial charge is 0.225 e. The Kier molecular flexibility index (Phi) is 4.39. The number of benzene rings is 1. The average molecular weight is 390 g/mol. The molecule has 7 heteroatoms. The zero-order valence-corrected chi connectivity index (χ0v) is 16.8. The van der Waals surface area contributed by atoms with Crippen molar-refractivity contribution in [3.8, 4) is 6.07 Å². The number of carbonyl (C=O) groups excluding carboxylic acids is 1. The monoisotopic (exact) mass is 390 g/mol. The molecule has 29 heavy (non-hydrogen) atoms. The minimum atomic E-state index is 0.0181. The number of hydrogen-bond acceptors (Lipinski definition) is 6. The first-order valence-electron chi connectivity index (χ1n) is 10.5. The van der Waals surface area contributed by atoms with Gasteiger partial charge in [0.1, 0.15) is 17.1 Å². The molecule has 7 nitrogen and oxygen atoms in total. The molecule has 2 aromatic rings. The molecule has 1 atom stereocenters. The Morgan fingerprint density at radius 1 is 1.21 bits per heavy atom. The van der Waals surface area contributed by atoms with Crippen molar-refractivity contribution in [2.75, 3.05) is 38.1 Å².